The first-order valence-electron chi connectivity index (χ1n) is 6.39. The van der Waals surface area contributed by atoms with Gasteiger partial charge in [0.25, 0.3) is 0 Å². The van der Waals surface area contributed by atoms with Gasteiger partial charge in [0.05, 0.1) is 18.5 Å². The Labute approximate surface area is 116 Å². The van der Waals surface area contributed by atoms with Gasteiger partial charge in [-0.1, -0.05) is 0 Å². The minimum absolute atomic E-state index is 0.00519. The Morgan fingerprint density at radius 3 is 1.90 bits per heavy atom. The quantitative estimate of drug-likeness (QED) is 0.487. The number of amides is 2. The first-order chi connectivity index (χ1) is 9.41. The Morgan fingerprint density at radius 2 is 1.50 bits per heavy atom. The van der Waals surface area contributed by atoms with Crippen LogP contribution in [0.5, 0.6) is 0 Å². The fourth-order valence-electron chi connectivity index (χ4n) is 2.13. The molecule has 2 fully saturated rings. The molecule has 2 aliphatic rings. The molecule has 8 heteroatoms. The van der Waals surface area contributed by atoms with E-state index in [1.165, 1.54) is 17.7 Å². The zero-order valence-electron chi connectivity index (χ0n) is 11.0. The summed E-state index contributed by atoms with van der Waals surface area (Å²) >= 11 is 0. The number of rotatable bonds is 2. The minimum atomic E-state index is -2.19. The Bertz CT molecular complexity index is 391. The van der Waals surface area contributed by atoms with Crippen molar-refractivity contribution >= 4 is 23.8 Å². The number of nitrogens with zero attached hydrogens (tertiary/aromatic N) is 2. The Morgan fingerprint density at radius 1 is 0.950 bits per heavy atom. The first kappa shape index (κ1) is 16.1. The lowest BCUT2D eigenvalue weighted by Gasteiger charge is -2.18. The molecule has 2 rings (SSSR count). The van der Waals surface area contributed by atoms with Gasteiger partial charge in [0.2, 0.25) is 11.8 Å². The third kappa shape index (κ3) is 4.96. The van der Waals surface area contributed by atoms with Crippen LogP contribution in [0.3, 0.4) is 0 Å². The lowest BCUT2D eigenvalue weighted by Crippen LogP contribution is -2.42. The van der Waals surface area contributed by atoms with Gasteiger partial charge in [0, 0.05) is 13.0 Å². The molecule has 0 aliphatic carbocycles. The molecule has 0 N–H and O–H groups in total. The third-order valence-electron chi connectivity index (χ3n) is 3.10. The molecule has 8 nitrogen and oxygen atoms in total. The smallest absolute Gasteiger partial charge is 0.243 e. The second kappa shape index (κ2) is 7.59. The summed E-state index contributed by atoms with van der Waals surface area (Å²) in [6.45, 7) is 3.08. The lowest BCUT2D eigenvalue weighted by atomic mass is 10.4. The number of likely N-dealkylation sites (tertiary alicyclic amines) is 2. The van der Waals surface area contributed by atoms with Crippen LogP contribution in [0, 0.1) is 0 Å². The predicted molar refractivity (Wildman–Crippen MR) is 61.6 cm³/mol. The molecule has 20 heavy (non-hydrogen) atoms. The summed E-state index contributed by atoms with van der Waals surface area (Å²) in [7, 11) is 0. The monoisotopic (exact) mass is 284 g/mol. The van der Waals surface area contributed by atoms with E-state index in [0.29, 0.717) is 19.5 Å². The number of hydrogen-bond acceptors (Lipinski definition) is 7. The number of carbonyl (C=O) groups is 4. The summed E-state index contributed by atoms with van der Waals surface area (Å²) in [4.78, 5) is 44.4. The van der Waals surface area contributed by atoms with E-state index in [2.05, 4.69) is 4.90 Å². The topological polar surface area (TPSA) is 121 Å². The average Bonchev–Trinajstić information content (AvgIpc) is 3.01. The van der Waals surface area contributed by atoms with Crippen molar-refractivity contribution in [3.05, 3.63) is 0 Å². The largest absolute Gasteiger partial charge is 0.543 e. The molecule has 2 amide bonds. The molecule has 0 saturated carbocycles. The molecule has 0 bridgehead atoms. The lowest BCUT2D eigenvalue weighted by molar-refractivity contribution is -0.345. The molecule has 112 valence electrons. The van der Waals surface area contributed by atoms with Crippen molar-refractivity contribution in [3.63, 3.8) is 0 Å². The van der Waals surface area contributed by atoms with Gasteiger partial charge in [0.15, 0.2) is 0 Å². The normalized spacial score (nSPS) is 18.6. The van der Waals surface area contributed by atoms with E-state index in [4.69, 9.17) is 19.8 Å². The van der Waals surface area contributed by atoms with Gasteiger partial charge in [-0.25, -0.2) is 0 Å². The van der Waals surface area contributed by atoms with Crippen LogP contribution in [0.25, 0.3) is 0 Å². The van der Waals surface area contributed by atoms with Crippen LogP contribution in [0.4, 0.5) is 0 Å². The average molecular weight is 284 g/mol. The number of imide groups is 1. The maximum Gasteiger partial charge on any atom is 0.243 e. The van der Waals surface area contributed by atoms with E-state index in [1.807, 2.05) is 0 Å². The van der Waals surface area contributed by atoms with E-state index < -0.39 is 11.9 Å². The molecular formula is C12H16N2O6-2. The molecule has 0 aromatic rings. The molecule has 2 aliphatic heterocycles. The second-order valence-electron chi connectivity index (χ2n) is 4.60. The van der Waals surface area contributed by atoms with Gasteiger partial charge in [0.1, 0.15) is 0 Å². The SMILES string of the molecule is O=C([O-])C(=O)[O-].O=C1CCCN1C(=O)CN1CCCC1. The van der Waals surface area contributed by atoms with Crippen molar-refractivity contribution in [1.82, 2.24) is 9.80 Å². The van der Waals surface area contributed by atoms with Gasteiger partial charge in [-0.2, -0.15) is 0 Å². The van der Waals surface area contributed by atoms with Gasteiger partial charge in [-0.05, 0) is 32.4 Å². The highest BCUT2D eigenvalue weighted by Crippen LogP contribution is 2.12. The van der Waals surface area contributed by atoms with Crippen molar-refractivity contribution in [2.45, 2.75) is 25.7 Å². The van der Waals surface area contributed by atoms with Gasteiger partial charge in [-0.15, -0.1) is 0 Å². The zero-order chi connectivity index (χ0) is 15.1. The highest BCUT2D eigenvalue weighted by molar-refractivity contribution is 6.25. The summed E-state index contributed by atoms with van der Waals surface area (Å²) in [5, 5.41) is 17.9. The summed E-state index contributed by atoms with van der Waals surface area (Å²) in [5.41, 5.74) is 0. The molecule has 0 atom stereocenters. The molecular weight excluding hydrogens is 268 g/mol. The fourth-order valence-corrected chi connectivity index (χ4v) is 2.13. The third-order valence-corrected chi connectivity index (χ3v) is 3.10. The van der Waals surface area contributed by atoms with Crippen molar-refractivity contribution in [2.75, 3.05) is 26.2 Å². The Balaban J connectivity index is 0.000000286. The second-order valence-corrected chi connectivity index (χ2v) is 4.60. The van der Waals surface area contributed by atoms with E-state index in [1.54, 1.807) is 0 Å². The van der Waals surface area contributed by atoms with E-state index in [-0.39, 0.29) is 11.8 Å². The Hall–Kier alpha value is -1.96. The number of carboxylic acids is 2. The Kier molecular flexibility index (Phi) is 6.10. The highest BCUT2D eigenvalue weighted by Gasteiger charge is 2.27. The first-order valence-corrected chi connectivity index (χ1v) is 6.39. The molecule has 0 radical (unpaired) electrons. The standard InChI is InChI=1S/C10H16N2O2.C2H2O4/c13-9-4-3-7-12(9)10(14)8-11-5-1-2-6-11;3-1(4)2(5)6/h1-8H2;(H,3,4)(H,5,6)/p-2. The molecule has 2 saturated heterocycles. The number of carboxylic acid groups (broad SMARTS) is 2. The van der Waals surface area contributed by atoms with Crippen molar-refractivity contribution < 1.29 is 29.4 Å². The number of carbonyl (C=O) groups excluding carboxylic acids is 4. The van der Waals surface area contributed by atoms with Crippen molar-refractivity contribution in [3.8, 4) is 0 Å². The fraction of sp³-hybridized carbons (Fsp3) is 0.667. The van der Waals surface area contributed by atoms with Crippen molar-refractivity contribution in [1.29, 1.82) is 0 Å². The summed E-state index contributed by atoms with van der Waals surface area (Å²) in [6.07, 6.45) is 3.75. The van der Waals surface area contributed by atoms with Crippen LogP contribution in [0.1, 0.15) is 25.7 Å². The van der Waals surface area contributed by atoms with Crippen LogP contribution in [-0.2, 0) is 19.2 Å². The van der Waals surface area contributed by atoms with E-state index in [0.717, 1.165) is 19.5 Å². The van der Waals surface area contributed by atoms with Crippen LogP contribution >= 0.6 is 0 Å². The van der Waals surface area contributed by atoms with Crippen LogP contribution in [-0.4, -0.2) is 59.7 Å². The van der Waals surface area contributed by atoms with Gasteiger partial charge >= 0.3 is 0 Å². The highest BCUT2D eigenvalue weighted by atomic mass is 16.4. The maximum absolute atomic E-state index is 11.7. The molecule has 0 spiro atoms. The van der Waals surface area contributed by atoms with Crippen LogP contribution in [0.15, 0.2) is 0 Å². The van der Waals surface area contributed by atoms with Crippen LogP contribution < -0.4 is 10.2 Å². The van der Waals surface area contributed by atoms with Gasteiger partial charge < -0.3 is 19.8 Å². The summed E-state index contributed by atoms with van der Waals surface area (Å²) < 4.78 is 0. The van der Waals surface area contributed by atoms with E-state index >= 15 is 0 Å². The molecule has 0 aromatic heterocycles. The predicted octanol–water partition coefficient (Wildman–Crippen LogP) is -3.28. The van der Waals surface area contributed by atoms with Gasteiger partial charge in [-0.3, -0.25) is 19.4 Å². The molecule has 2 heterocycles. The molecule has 0 aromatic carbocycles. The van der Waals surface area contributed by atoms with E-state index in [9.17, 15) is 9.59 Å². The summed E-state index contributed by atoms with van der Waals surface area (Å²) in [5.74, 6) is -4.37. The van der Waals surface area contributed by atoms with Crippen molar-refractivity contribution in [2.24, 2.45) is 0 Å². The minimum Gasteiger partial charge on any atom is -0.543 e. The zero-order valence-corrected chi connectivity index (χ0v) is 11.0. The molecule has 0 unspecified atom stereocenters. The maximum atomic E-state index is 11.7. The number of aliphatic carboxylic acids is 2. The summed E-state index contributed by atoms with van der Waals surface area (Å²) in [6, 6.07) is 0. The number of hydrogen-bond donors (Lipinski definition) is 0. The van der Waals surface area contributed by atoms with Crippen LogP contribution in [0.2, 0.25) is 0 Å².